The first-order chi connectivity index (χ1) is 7.06. The molecule has 1 atom stereocenters. The van der Waals surface area contributed by atoms with E-state index in [9.17, 15) is 13.6 Å². The average Bonchev–Trinajstić information content (AvgIpc) is 2.19. The molecule has 0 aromatic heterocycles. The van der Waals surface area contributed by atoms with Gasteiger partial charge in [0.25, 0.3) is 0 Å². The summed E-state index contributed by atoms with van der Waals surface area (Å²) in [6.07, 6.45) is -0.936. The maximum Gasteiger partial charge on any atom is 0.320 e. The van der Waals surface area contributed by atoms with Crippen molar-refractivity contribution in [2.45, 2.75) is 38.7 Å². The fourth-order valence-electron chi connectivity index (χ4n) is 2.07. The summed E-state index contributed by atoms with van der Waals surface area (Å²) < 4.78 is 24.7. The zero-order valence-corrected chi connectivity index (χ0v) is 8.83. The van der Waals surface area contributed by atoms with E-state index in [1.54, 1.807) is 11.8 Å². The summed E-state index contributed by atoms with van der Waals surface area (Å²) in [4.78, 5) is 12.6. The first-order valence-corrected chi connectivity index (χ1v) is 5.31. The lowest BCUT2D eigenvalue weighted by atomic mass is 9.96. The number of hydrogen-bond donors (Lipinski definition) is 1. The van der Waals surface area contributed by atoms with Crippen LogP contribution in [-0.2, 0) is 4.79 Å². The van der Waals surface area contributed by atoms with E-state index < -0.39 is 24.4 Å². The van der Waals surface area contributed by atoms with Crippen LogP contribution in [0.5, 0.6) is 0 Å². The van der Waals surface area contributed by atoms with Crippen molar-refractivity contribution >= 4 is 5.97 Å². The van der Waals surface area contributed by atoms with Crippen LogP contribution in [-0.4, -0.2) is 41.5 Å². The Morgan fingerprint density at radius 2 is 2.00 bits per heavy atom. The quantitative estimate of drug-likeness (QED) is 0.787. The van der Waals surface area contributed by atoms with Crippen LogP contribution in [0.1, 0.15) is 26.2 Å². The summed E-state index contributed by atoms with van der Waals surface area (Å²) in [5, 5.41) is 8.91. The molecule has 1 N–H and O–H groups in total. The molecule has 5 heteroatoms. The molecule has 88 valence electrons. The van der Waals surface area contributed by atoms with E-state index in [-0.39, 0.29) is 0 Å². The van der Waals surface area contributed by atoms with Crippen molar-refractivity contribution in [2.24, 2.45) is 5.92 Å². The molecule has 3 nitrogen and oxygen atoms in total. The molecule has 1 rings (SSSR count). The lowest BCUT2D eigenvalue weighted by molar-refractivity contribution is -0.144. The van der Waals surface area contributed by atoms with Crippen molar-refractivity contribution in [1.29, 1.82) is 0 Å². The molecule has 0 amide bonds. The first kappa shape index (κ1) is 12.4. The molecule has 0 radical (unpaired) electrons. The van der Waals surface area contributed by atoms with E-state index in [2.05, 4.69) is 0 Å². The van der Waals surface area contributed by atoms with Crippen LogP contribution in [0.4, 0.5) is 8.78 Å². The van der Waals surface area contributed by atoms with Crippen molar-refractivity contribution in [3.8, 4) is 0 Å². The molecule has 1 aliphatic rings. The Labute approximate surface area is 88.1 Å². The zero-order chi connectivity index (χ0) is 11.4. The van der Waals surface area contributed by atoms with Gasteiger partial charge >= 0.3 is 5.97 Å². The average molecular weight is 221 g/mol. The molecule has 0 aliphatic carbocycles. The number of piperidine rings is 1. The van der Waals surface area contributed by atoms with Gasteiger partial charge in [-0.05, 0) is 32.4 Å². The summed E-state index contributed by atoms with van der Waals surface area (Å²) in [5.74, 6) is -1.40. The minimum atomic E-state index is -2.27. The number of hydrogen-bond acceptors (Lipinski definition) is 2. The zero-order valence-electron chi connectivity index (χ0n) is 8.83. The van der Waals surface area contributed by atoms with Gasteiger partial charge in [-0.25, -0.2) is 8.78 Å². The SMILES string of the molecule is CC[C@H](C(=O)O)N1CCC(C(F)F)CC1. The summed E-state index contributed by atoms with van der Waals surface area (Å²) in [6.45, 7) is 2.75. The summed E-state index contributed by atoms with van der Waals surface area (Å²) >= 11 is 0. The van der Waals surface area contributed by atoms with Crippen LogP contribution < -0.4 is 0 Å². The second-order valence-corrected chi connectivity index (χ2v) is 3.97. The third kappa shape index (κ3) is 3.12. The van der Waals surface area contributed by atoms with Crippen LogP contribution in [0.25, 0.3) is 0 Å². The number of carboxylic acid groups (broad SMARTS) is 1. The molecule has 1 aliphatic heterocycles. The smallest absolute Gasteiger partial charge is 0.320 e. The summed E-state index contributed by atoms with van der Waals surface area (Å²) in [7, 11) is 0. The normalized spacial score (nSPS) is 21.9. The molecule has 0 bridgehead atoms. The van der Waals surface area contributed by atoms with Crippen LogP contribution in [0.2, 0.25) is 0 Å². The molecule has 0 saturated carbocycles. The largest absolute Gasteiger partial charge is 0.480 e. The van der Waals surface area contributed by atoms with E-state index in [0.717, 1.165) is 0 Å². The highest BCUT2D eigenvalue weighted by Gasteiger charge is 2.31. The van der Waals surface area contributed by atoms with Crippen LogP contribution in [0.3, 0.4) is 0 Å². The van der Waals surface area contributed by atoms with Crippen LogP contribution >= 0.6 is 0 Å². The van der Waals surface area contributed by atoms with Gasteiger partial charge in [0.1, 0.15) is 6.04 Å². The Hall–Kier alpha value is -0.710. The molecule has 0 aromatic rings. The molecular weight excluding hydrogens is 204 g/mol. The highest BCUT2D eigenvalue weighted by atomic mass is 19.3. The predicted octanol–water partition coefficient (Wildman–Crippen LogP) is 1.83. The molecule has 1 heterocycles. The van der Waals surface area contributed by atoms with Crippen molar-refractivity contribution in [1.82, 2.24) is 4.90 Å². The van der Waals surface area contributed by atoms with Crippen LogP contribution in [0, 0.1) is 5.92 Å². The van der Waals surface area contributed by atoms with Gasteiger partial charge in [0, 0.05) is 5.92 Å². The maximum absolute atomic E-state index is 12.4. The molecule has 0 spiro atoms. The lowest BCUT2D eigenvalue weighted by Crippen LogP contribution is -2.46. The minimum absolute atomic E-state index is 0.404. The number of aliphatic carboxylic acids is 1. The van der Waals surface area contributed by atoms with E-state index in [1.165, 1.54) is 0 Å². The Kier molecular flexibility index (Phi) is 4.45. The van der Waals surface area contributed by atoms with Gasteiger partial charge in [0.05, 0.1) is 0 Å². The number of carbonyl (C=O) groups is 1. The Bertz CT molecular complexity index is 215. The summed E-state index contributed by atoms with van der Waals surface area (Å²) in [6, 6.07) is -0.511. The van der Waals surface area contributed by atoms with Crippen molar-refractivity contribution in [2.75, 3.05) is 13.1 Å². The Morgan fingerprint density at radius 3 is 2.33 bits per heavy atom. The Morgan fingerprint density at radius 1 is 1.47 bits per heavy atom. The van der Waals surface area contributed by atoms with E-state index in [1.807, 2.05) is 0 Å². The fourth-order valence-corrected chi connectivity index (χ4v) is 2.07. The number of alkyl halides is 2. The number of carboxylic acids is 1. The lowest BCUT2D eigenvalue weighted by Gasteiger charge is -2.34. The first-order valence-electron chi connectivity index (χ1n) is 5.31. The maximum atomic E-state index is 12.4. The van der Waals surface area contributed by atoms with Gasteiger partial charge in [0.15, 0.2) is 0 Å². The van der Waals surface area contributed by atoms with E-state index in [4.69, 9.17) is 5.11 Å². The van der Waals surface area contributed by atoms with Gasteiger partial charge < -0.3 is 5.11 Å². The highest BCUT2D eigenvalue weighted by Crippen LogP contribution is 2.25. The second-order valence-electron chi connectivity index (χ2n) is 3.97. The molecule has 1 saturated heterocycles. The van der Waals surface area contributed by atoms with Gasteiger partial charge in [-0.3, -0.25) is 9.69 Å². The van der Waals surface area contributed by atoms with Gasteiger partial charge in [0.2, 0.25) is 6.43 Å². The van der Waals surface area contributed by atoms with Crippen molar-refractivity contribution in [3.05, 3.63) is 0 Å². The third-order valence-electron chi connectivity index (χ3n) is 3.04. The van der Waals surface area contributed by atoms with E-state index >= 15 is 0 Å². The number of nitrogens with zero attached hydrogens (tertiary/aromatic N) is 1. The number of halogens is 2. The third-order valence-corrected chi connectivity index (χ3v) is 3.04. The fraction of sp³-hybridized carbons (Fsp3) is 0.900. The molecule has 1 fully saturated rings. The van der Waals surface area contributed by atoms with Crippen molar-refractivity contribution in [3.63, 3.8) is 0 Å². The Balaban J connectivity index is 2.45. The predicted molar refractivity (Wildman–Crippen MR) is 52.0 cm³/mol. The second kappa shape index (κ2) is 5.39. The van der Waals surface area contributed by atoms with Gasteiger partial charge in [-0.1, -0.05) is 6.92 Å². The van der Waals surface area contributed by atoms with Crippen LogP contribution in [0.15, 0.2) is 0 Å². The van der Waals surface area contributed by atoms with Gasteiger partial charge in [-0.2, -0.15) is 0 Å². The van der Waals surface area contributed by atoms with E-state index in [0.29, 0.717) is 32.4 Å². The summed E-state index contributed by atoms with van der Waals surface area (Å²) in [5.41, 5.74) is 0. The molecule has 0 unspecified atom stereocenters. The van der Waals surface area contributed by atoms with Gasteiger partial charge in [-0.15, -0.1) is 0 Å². The molecule has 15 heavy (non-hydrogen) atoms. The number of likely N-dealkylation sites (tertiary alicyclic amines) is 1. The minimum Gasteiger partial charge on any atom is -0.480 e. The molecular formula is C10H17F2NO2. The monoisotopic (exact) mass is 221 g/mol. The number of rotatable bonds is 4. The van der Waals surface area contributed by atoms with Crippen molar-refractivity contribution < 1.29 is 18.7 Å². The highest BCUT2D eigenvalue weighted by molar-refractivity contribution is 5.73. The molecule has 0 aromatic carbocycles. The topological polar surface area (TPSA) is 40.5 Å². The standard InChI is InChI=1S/C10H17F2NO2/c1-2-8(10(14)15)13-5-3-7(4-6-13)9(11)12/h7-9H,2-6H2,1H3,(H,14,15)/t8-/m1/s1.